The minimum Gasteiger partial charge on any atom is -0.312 e. The third kappa shape index (κ3) is 4.21. The summed E-state index contributed by atoms with van der Waals surface area (Å²) in [5, 5.41) is 7.86. The minimum atomic E-state index is 0.0578. The molecule has 3 nitrogen and oxygen atoms in total. The Morgan fingerprint density at radius 1 is 1.11 bits per heavy atom. The molecule has 0 aliphatic heterocycles. The fourth-order valence-electron chi connectivity index (χ4n) is 1.93. The molecule has 1 N–H and O–H groups in total. The zero-order valence-corrected chi connectivity index (χ0v) is 12.1. The average molecular weight is 257 g/mol. The van der Waals surface area contributed by atoms with Crippen molar-refractivity contribution in [1.29, 1.82) is 0 Å². The minimum absolute atomic E-state index is 0.0578. The van der Waals surface area contributed by atoms with Gasteiger partial charge < -0.3 is 5.32 Å². The molecule has 0 spiro atoms. The molecule has 1 heterocycles. The molecule has 0 bridgehead atoms. The van der Waals surface area contributed by atoms with Gasteiger partial charge in [0.1, 0.15) is 0 Å². The normalized spacial score (nSPS) is 11.7. The van der Waals surface area contributed by atoms with Gasteiger partial charge in [-0.25, -0.2) is 0 Å². The van der Waals surface area contributed by atoms with E-state index in [-0.39, 0.29) is 5.54 Å². The number of hydrogen-bond donors (Lipinski definition) is 1. The number of nitrogens with one attached hydrogen (secondary N) is 1. The first-order valence-electron chi connectivity index (χ1n) is 6.84. The van der Waals surface area contributed by atoms with Crippen molar-refractivity contribution in [2.45, 2.75) is 39.3 Å². The van der Waals surface area contributed by atoms with Crippen LogP contribution in [0.5, 0.6) is 0 Å². The van der Waals surface area contributed by atoms with Crippen molar-refractivity contribution < 1.29 is 0 Å². The summed E-state index contributed by atoms with van der Waals surface area (Å²) in [6, 6.07) is 10.6. The quantitative estimate of drug-likeness (QED) is 0.835. The second-order valence-electron chi connectivity index (χ2n) is 5.88. The summed E-state index contributed by atoms with van der Waals surface area (Å²) < 4.78 is 2.02. The van der Waals surface area contributed by atoms with Crippen LogP contribution in [0.25, 0.3) is 0 Å². The molecule has 1 aromatic carbocycles. The zero-order chi connectivity index (χ0) is 13.7. The molecule has 1 aromatic heterocycles. The number of aromatic nitrogens is 2. The summed E-state index contributed by atoms with van der Waals surface area (Å²) in [7, 11) is 0. The second kappa shape index (κ2) is 6.02. The first kappa shape index (κ1) is 13.8. The summed E-state index contributed by atoms with van der Waals surface area (Å²) in [5.74, 6) is 0. The predicted molar refractivity (Wildman–Crippen MR) is 79.1 cm³/mol. The lowest BCUT2D eigenvalue weighted by Crippen LogP contribution is -2.22. The lowest BCUT2D eigenvalue weighted by molar-refractivity contribution is 0.355. The Kier molecular flexibility index (Phi) is 4.38. The largest absolute Gasteiger partial charge is 0.312 e. The molecule has 102 valence electrons. The highest BCUT2D eigenvalue weighted by molar-refractivity contribution is 5.15. The number of hydrogen-bond acceptors (Lipinski definition) is 2. The Balaban J connectivity index is 1.76. The Morgan fingerprint density at radius 2 is 1.84 bits per heavy atom. The van der Waals surface area contributed by atoms with Crippen molar-refractivity contribution >= 4 is 0 Å². The van der Waals surface area contributed by atoms with E-state index in [1.54, 1.807) is 0 Å². The maximum atomic E-state index is 4.40. The molecule has 19 heavy (non-hydrogen) atoms. The SMILES string of the molecule is CC(C)(C)n1cc(CNCCc2ccccc2)cn1. The van der Waals surface area contributed by atoms with Crippen LogP contribution in [0.2, 0.25) is 0 Å². The van der Waals surface area contributed by atoms with Crippen LogP contribution in [0.4, 0.5) is 0 Å². The van der Waals surface area contributed by atoms with Gasteiger partial charge in [0, 0.05) is 18.3 Å². The Labute approximate surface area is 115 Å². The smallest absolute Gasteiger partial charge is 0.0543 e. The lowest BCUT2D eigenvalue weighted by atomic mass is 10.1. The molecule has 0 atom stereocenters. The number of rotatable bonds is 5. The molecule has 0 aliphatic rings. The number of benzene rings is 1. The molecular weight excluding hydrogens is 234 g/mol. The predicted octanol–water partition coefficient (Wildman–Crippen LogP) is 2.97. The molecule has 0 unspecified atom stereocenters. The van der Waals surface area contributed by atoms with Crippen LogP contribution >= 0.6 is 0 Å². The molecule has 0 aliphatic carbocycles. The van der Waals surface area contributed by atoms with E-state index in [1.165, 1.54) is 11.1 Å². The lowest BCUT2D eigenvalue weighted by Gasteiger charge is -2.18. The van der Waals surface area contributed by atoms with Gasteiger partial charge in [-0.05, 0) is 39.3 Å². The first-order chi connectivity index (χ1) is 9.05. The summed E-state index contributed by atoms with van der Waals surface area (Å²) in [6.45, 7) is 8.35. The van der Waals surface area contributed by atoms with Gasteiger partial charge in [-0.1, -0.05) is 30.3 Å². The molecule has 0 amide bonds. The van der Waals surface area contributed by atoms with E-state index in [0.29, 0.717) is 0 Å². The molecule has 0 radical (unpaired) electrons. The highest BCUT2D eigenvalue weighted by atomic mass is 15.3. The van der Waals surface area contributed by atoms with E-state index in [2.05, 4.69) is 67.7 Å². The van der Waals surface area contributed by atoms with E-state index in [0.717, 1.165) is 19.5 Å². The monoisotopic (exact) mass is 257 g/mol. The van der Waals surface area contributed by atoms with Crippen molar-refractivity contribution in [1.82, 2.24) is 15.1 Å². The highest BCUT2D eigenvalue weighted by Gasteiger charge is 2.13. The van der Waals surface area contributed by atoms with Crippen LogP contribution < -0.4 is 5.32 Å². The van der Waals surface area contributed by atoms with Gasteiger partial charge in [0.25, 0.3) is 0 Å². The fraction of sp³-hybridized carbons (Fsp3) is 0.438. The van der Waals surface area contributed by atoms with E-state index in [9.17, 15) is 0 Å². The maximum absolute atomic E-state index is 4.40. The van der Waals surface area contributed by atoms with Crippen LogP contribution in [0, 0.1) is 0 Å². The van der Waals surface area contributed by atoms with Crippen molar-refractivity contribution in [3.05, 3.63) is 53.9 Å². The van der Waals surface area contributed by atoms with Crippen LogP contribution in [-0.4, -0.2) is 16.3 Å². The van der Waals surface area contributed by atoms with Crippen LogP contribution in [-0.2, 0) is 18.5 Å². The first-order valence-corrected chi connectivity index (χ1v) is 6.84. The third-order valence-corrected chi connectivity index (χ3v) is 3.09. The van der Waals surface area contributed by atoms with E-state index < -0.39 is 0 Å². The van der Waals surface area contributed by atoms with Crippen LogP contribution in [0.1, 0.15) is 31.9 Å². The second-order valence-corrected chi connectivity index (χ2v) is 5.88. The summed E-state index contributed by atoms with van der Waals surface area (Å²) in [4.78, 5) is 0. The maximum Gasteiger partial charge on any atom is 0.0543 e. The number of nitrogens with zero attached hydrogens (tertiary/aromatic N) is 2. The Hall–Kier alpha value is -1.61. The third-order valence-electron chi connectivity index (χ3n) is 3.09. The molecule has 0 fully saturated rings. The molecule has 3 heteroatoms. The van der Waals surface area contributed by atoms with E-state index in [4.69, 9.17) is 0 Å². The van der Waals surface area contributed by atoms with Crippen LogP contribution in [0.3, 0.4) is 0 Å². The van der Waals surface area contributed by atoms with Gasteiger partial charge in [0.15, 0.2) is 0 Å². The van der Waals surface area contributed by atoms with Gasteiger partial charge in [-0.2, -0.15) is 5.10 Å². The molecular formula is C16H23N3. The fourth-order valence-corrected chi connectivity index (χ4v) is 1.93. The molecule has 2 aromatic rings. The highest BCUT2D eigenvalue weighted by Crippen LogP contribution is 2.12. The summed E-state index contributed by atoms with van der Waals surface area (Å²) in [5.41, 5.74) is 2.67. The van der Waals surface area contributed by atoms with E-state index in [1.807, 2.05) is 10.9 Å². The average Bonchev–Trinajstić information content (AvgIpc) is 2.85. The molecule has 0 saturated heterocycles. The molecule has 2 rings (SSSR count). The Morgan fingerprint density at radius 3 is 2.47 bits per heavy atom. The van der Waals surface area contributed by atoms with Crippen molar-refractivity contribution in [3.63, 3.8) is 0 Å². The van der Waals surface area contributed by atoms with Gasteiger partial charge in [-0.15, -0.1) is 0 Å². The van der Waals surface area contributed by atoms with Gasteiger partial charge >= 0.3 is 0 Å². The Bertz CT molecular complexity index is 494. The van der Waals surface area contributed by atoms with Gasteiger partial charge in [-0.3, -0.25) is 4.68 Å². The topological polar surface area (TPSA) is 29.9 Å². The standard InChI is InChI=1S/C16H23N3/c1-16(2,3)19-13-15(12-18-19)11-17-10-9-14-7-5-4-6-8-14/h4-8,12-13,17H,9-11H2,1-3H3. The van der Waals surface area contributed by atoms with Crippen LogP contribution in [0.15, 0.2) is 42.7 Å². The molecule has 0 saturated carbocycles. The van der Waals surface area contributed by atoms with Crippen molar-refractivity contribution in [2.75, 3.05) is 6.54 Å². The van der Waals surface area contributed by atoms with Gasteiger partial charge in [0.2, 0.25) is 0 Å². The van der Waals surface area contributed by atoms with Crippen molar-refractivity contribution in [2.24, 2.45) is 0 Å². The van der Waals surface area contributed by atoms with E-state index >= 15 is 0 Å². The zero-order valence-electron chi connectivity index (χ0n) is 12.1. The summed E-state index contributed by atoms with van der Waals surface area (Å²) >= 11 is 0. The van der Waals surface area contributed by atoms with Gasteiger partial charge in [0.05, 0.1) is 11.7 Å². The summed E-state index contributed by atoms with van der Waals surface area (Å²) in [6.07, 6.45) is 5.13. The van der Waals surface area contributed by atoms with Crippen molar-refractivity contribution in [3.8, 4) is 0 Å².